The van der Waals surface area contributed by atoms with Crippen LogP contribution in [0.2, 0.25) is 0 Å². The minimum atomic E-state index is 0.600. The second-order valence-electron chi connectivity index (χ2n) is 4.13. The first-order valence-electron chi connectivity index (χ1n) is 5.50. The van der Waals surface area contributed by atoms with E-state index in [-0.39, 0.29) is 0 Å². The van der Waals surface area contributed by atoms with E-state index in [2.05, 4.69) is 34.0 Å². The van der Waals surface area contributed by atoms with Gasteiger partial charge in [0.25, 0.3) is 0 Å². The summed E-state index contributed by atoms with van der Waals surface area (Å²) in [6, 6.07) is 0.600. The van der Waals surface area contributed by atoms with Crippen molar-refractivity contribution < 1.29 is 0 Å². The van der Waals surface area contributed by atoms with Gasteiger partial charge in [-0.3, -0.25) is 0 Å². The molecule has 1 aromatic rings. The van der Waals surface area contributed by atoms with E-state index in [0.717, 1.165) is 17.9 Å². The lowest BCUT2D eigenvalue weighted by atomic mass is 10.2. The summed E-state index contributed by atoms with van der Waals surface area (Å²) in [6.07, 6.45) is 4.41. The number of aryl methyl sites for hydroxylation is 1. The highest BCUT2D eigenvalue weighted by molar-refractivity contribution is 5.50. The Morgan fingerprint density at radius 3 is 2.93 bits per heavy atom. The van der Waals surface area contributed by atoms with Crippen molar-refractivity contribution in [1.82, 2.24) is 9.97 Å². The molecule has 0 spiro atoms. The molecule has 0 aliphatic carbocycles. The first kappa shape index (κ1) is 10.2. The van der Waals surface area contributed by atoms with Crippen LogP contribution in [-0.2, 0) is 0 Å². The molecule has 1 fully saturated rings. The smallest absolute Gasteiger partial charge is 0.224 e. The molecule has 0 aromatic carbocycles. The van der Waals surface area contributed by atoms with Gasteiger partial charge in [0.05, 0.1) is 0 Å². The highest BCUT2D eigenvalue weighted by atomic mass is 15.3. The molecular formula is C11H18N4. The molecule has 1 saturated heterocycles. The van der Waals surface area contributed by atoms with Gasteiger partial charge >= 0.3 is 0 Å². The Morgan fingerprint density at radius 2 is 2.33 bits per heavy atom. The molecule has 2 rings (SSSR count). The van der Waals surface area contributed by atoms with Gasteiger partial charge in [0.1, 0.15) is 5.82 Å². The van der Waals surface area contributed by atoms with Crippen molar-refractivity contribution >= 4 is 11.8 Å². The molecule has 1 unspecified atom stereocenters. The summed E-state index contributed by atoms with van der Waals surface area (Å²) in [6.45, 7) is 5.44. The van der Waals surface area contributed by atoms with Crippen LogP contribution in [0, 0.1) is 6.92 Å². The van der Waals surface area contributed by atoms with Crippen molar-refractivity contribution in [3.05, 3.63) is 11.8 Å². The van der Waals surface area contributed by atoms with Crippen molar-refractivity contribution in [1.29, 1.82) is 0 Å². The van der Waals surface area contributed by atoms with Gasteiger partial charge in [-0.2, -0.15) is 4.98 Å². The third kappa shape index (κ3) is 1.89. The average Bonchev–Trinajstić information content (AvgIpc) is 2.65. The topological polar surface area (TPSA) is 41.1 Å². The third-order valence-electron chi connectivity index (χ3n) is 2.99. The third-order valence-corrected chi connectivity index (χ3v) is 2.99. The molecule has 2 heterocycles. The first-order chi connectivity index (χ1) is 7.22. The molecule has 0 bridgehead atoms. The monoisotopic (exact) mass is 206 g/mol. The van der Waals surface area contributed by atoms with Crippen LogP contribution in [0.4, 0.5) is 11.8 Å². The van der Waals surface area contributed by atoms with Crippen molar-refractivity contribution in [3.63, 3.8) is 0 Å². The largest absolute Gasteiger partial charge is 0.357 e. The lowest BCUT2D eigenvalue weighted by Gasteiger charge is -2.24. The molecule has 1 aliphatic heterocycles. The molecule has 1 N–H and O–H groups in total. The summed E-state index contributed by atoms with van der Waals surface area (Å²) >= 11 is 0. The van der Waals surface area contributed by atoms with E-state index in [1.165, 1.54) is 12.8 Å². The zero-order valence-corrected chi connectivity index (χ0v) is 9.62. The van der Waals surface area contributed by atoms with Crippen LogP contribution in [0.15, 0.2) is 6.20 Å². The highest BCUT2D eigenvalue weighted by Crippen LogP contribution is 2.26. The van der Waals surface area contributed by atoms with Gasteiger partial charge < -0.3 is 10.2 Å². The molecule has 82 valence electrons. The molecule has 0 amide bonds. The van der Waals surface area contributed by atoms with Crippen LogP contribution in [0.5, 0.6) is 0 Å². The molecule has 0 radical (unpaired) electrons. The fraction of sp³-hybridized carbons (Fsp3) is 0.636. The molecule has 4 heteroatoms. The second kappa shape index (κ2) is 4.04. The van der Waals surface area contributed by atoms with Crippen molar-refractivity contribution in [2.24, 2.45) is 0 Å². The normalized spacial score (nSPS) is 20.7. The Kier molecular flexibility index (Phi) is 2.75. The second-order valence-corrected chi connectivity index (χ2v) is 4.13. The zero-order chi connectivity index (χ0) is 10.8. The van der Waals surface area contributed by atoms with E-state index in [4.69, 9.17) is 0 Å². The fourth-order valence-electron chi connectivity index (χ4n) is 2.09. The van der Waals surface area contributed by atoms with Gasteiger partial charge in [0, 0.05) is 31.4 Å². The van der Waals surface area contributed by atoms with E-state index in [0.29, 0.717) is 12.0 Å². The summed E-state index contributed by atoms with van der Waals surface area (Å²) in [5.74, 6) is 1.79. The maximum atomic E-state index is 4.53. The van der Waals surface area contributed by atoms with Crippen LogP contribution in [0.3, 0.4) is 0 Å². The average molecular weight is 206 g/mol. The van der Waals surface area contributed by atoms with Crippen LogP contribution in [0.25, 0.3) is 0 Å². The Bertz CT molecular complexity index is 350. The Labute approximate surface area is 90.7 Å². The fourth-order valence-corrected chi connectivity index (χ4v) is 2.09. The summed E-state index contributed by atoms with van der Waals surface area (Å²) in [5, 5.41) is 2.98. The molecule has 4 nitrogen and oxygen atoms in total. The van der Waals surface area contributed by atoms with Crippen LogP contribution < -0.4 is 10.2 Å². The van der Waals surface area contributed by atoms with E-state index >= 15 is 0 Å². The molecule has 0 saturated carbocycles. The number of anilines is 2. The minimum Gasteiger partial charge on any atom is -0.357 e. The predicted molar refractivity (Wildman–Crippen MR) is 62.4 cm³/mol. The summed E-state index contributed by atoms with van der Waals surface area (Å²) in [5.41, 5.74) is 1.16. The van der Waals surface area contributed by atoms with Crippen LogP contribution in [0.1, 0.15) is 25.3 Å². The van der Waals surface area contributed by atoms with E-state index < -0.39 is 0 Å². The minimum absolute atomic E-state index is 0.600. The zero-order valence-electron chi connectivity index (χ0n) is 9.62. The molecule has 1 aliphatic rings. The van der Waals surface area contributed by atoms with E-state index in [9.17, 15) is 0 Å². The number of hydrogen-bond donors (Lipinski definition) is 1. The van der Waals surface area contributed by atoms with Gasteiger partial charge in [-0.25, -0.2) is 4.98 Å². The molecule has 15 heavy (non-hydrogen) atoms. The van der Waals surface area contributed by atoms with E-state index in [1.54, 1.807) is 0 Å². The molecular weight excluding hydrogens is 188 g/mol. The maximum Gasteiger partial charge on any atom is 0.224 e. The summed E-state index contributed by atoms with van der Waals surface area (Å²) in [7, 11) is 1.85. The van der Waals surface area contributed by atoms with Gasteiger partial charge in [-0.15, -0.1) is 0 Å². The van der Waals surface area contributed by atoms with Gasteiger partial charge in [0.15, 0.2) is 0 Å². The Hall–Kier alpha value is -1.32. The van der Waals surface area contributed by atoms with Gasteiger partial charge in [-0.05, 0) is 26.7 Å². The number of aromatic nitrogens is 2. The standard InChI is InChI=1S/C11H18N4/c1-8-7-13-11(12-3)14-10(8)15-6-4-5-9(15)2/h7,9H,4-6H2,1-3H3,(H,12,13,14). The summed E-state index contributed by atoms with van der Waals surface area (Å²) < 4.78 is 0. The van der Waals surface area contributed by atoms with Gasteiger partial charge in [-0.1, -0.05) is 0 Å². The van der Waals surface area contributed by atoms with Crippen LogP contribution >= 0.6 is 0 Å². The predicted octanol–water partition coefficient (Wildman–Crippen LogP) is 1.82. The van der Waals surface area contributed by atoms with Crippen LogP contribution in [-0.4, -0.2) is 29.6 Å². The summed E-state index contributed by atoms with van der Waals surface area (Å²) in [4.78, 5) is 11.1. The molecule has 1 atom stereocenters. The van der Waals surface area contributed by atoms with Gasteiger partial charge in [0.2, 0.25) is 5.95 Å². The lowest BCUT2D eigenvalue weighted by molar-refractivity contribution is 0.724. The SMILES string of the molecule is CNc1ncc(C)c(N2CCCC2C)n1. The van der Waals surface area contributed by atoms with E-state index in [1.807, 2.05) is 13.2 Å². The number of nitrogens with one attached hydrogen (secondary N) is 1. The number of rotatable bonds is 2. The van der Waals surface area contributed by atoms with Crippen molar-refractivity contribution in [2.75, 3.05) is 23.8 Å². The molecule has 1 aromatic heterocycles. The highest BCUT2D eigenvalue weighted by Gasteiger charge is 2.23. The Balaban J connectivity index is 2.33. The van der Waals surface area contributed by atoms with Crippen molar-refractivity contribution in [3.8, 4) is 0 Å². The number of hydrogen-bond acceptors (Lipinski definition) is 4. The van der Waals surface area contributed by atoms with Crippen molar-refractivity contribution in [2.45, 2.75) is 32.7 Å². The number of nitrogens with zero attached hydrogens (tertiary/aromatic N) is 3. The lowest BCUT2D eigenvalue weighted by Crippen LogP contribution is -2.28. The quantitative estimate of drug-likeness (QED) is 0.801. The maximum absolute atomic E-state index is 4.53. The Morgan fingerprint density at radius 1 is 1.53 bits per heavy atom. The first-order valence-corrected chi connectivity index (χ1v) is 5.50.